The van der Waals surface area contributed by atoms with Gasteiger partial charge in [-0.25, -0.2) is 8.78 Å². The second-order valence-electron chi connectivity index (χ2n) is 4.72. The van der Waals surface area contributed by atoms with Crippen molar-refractivity contribution < 1.29 is 13.6 Å². The van der Waals surface area contributed by atoms with Gasteiger partial charge < -0.3 is 4.90 Å². The number of piperidine rings is 1. The molecule has 2 rings (SSSR count). The first-order valence-corrected chi connectivity index (χ1v) is 6.21. The molecule has 1 fully saturated rings. The number of amides is 1. The van der Waals surface area contributed by atoms with E-state index in [4.69, 9.17) is 5.26 Å². The van der Waals surface area contributed by atoms with Crippen molar-refractivity contribution in [3.8, 4) is 6.07 Å². The predicted octanol–water partition coefficient (Wildman–Crippen LogP) is 2.27. The van der Waals surface area contributed by atoms with E-state index >= 15 is 0 Å². The van der Waals surface area contributed by atoms with Crippen LogP contribution in [0.1, 0.15) is 18.4 Å². The first-order valence-electron chi connectivity index (χ1n) is 6.21. The van der Waals surface area contributed by atoms with E-state index in [0.29, 0.717) is 13.1 Å². The topological polar surface area (TPSA) is 44.1 Å². The van der Waals surface area contributed by atoms with Crippen molar-refractivity contribution in [2.75, 3.05) is 13.1 Å². The Morgan fingerprint density at radius 2 is 2.26 bits per heavy atom. The highest BCUT2D eigenvalue weighted by atomic mass is 19.1. The Morgan fingerprint density at radius 3 is 2.95 bits per heavy atom. The second-order valence-corrected chi connectivity index (χ2v) is 4.72. The zero-order valence-corrected chi connectivity index (χ0v) is 10.4. The summed E-state index contributed by atoms with van der Waals surface area (Å²) in [6, 6.07) is 5.35. The molecule has 0 radical (unpaired) electrons. The molecular weight excluding hydrogens is 250 g/mol. The van der Waals surface area contributed by atoms with Gasteiger partial charge in [-0.15, -0.1) is 0 Å². The van der Waals surface area contributed by atoms with Crippen LogP contribution in [0.25, 0.3) is 0 Å². The van der Waals surface area contributed by atoms with Crippen LogP contribution in [0.4, 0.5) is 8.78 Å². The molecule has 3 nitrogen and oxygen atoms in total. The summed E-state index contributed by atoms with van der Waals surface area (Å²) in [6.07, 6.45) is 1.49. The third-order valence-corrected chi connectivity index (χ3v) is 3.31. The zero-order chi connectivity index (χ0) is 13.8. The van der Waals surface area contributed by atoms with Crippen molar-refractivity contribution in [1.82, 2.24) is 4.90 Å². The molecule has 1 amide bonds. The molecule has 1 aromatic carbocycles. The number of nitriles is 1. The van der Waals surface area contributed by atoms with Crippen LogP contribution in [0.5, 0.6) is 0 Å². The van der Waals surface area contributed by atoms with Crippen LogP contribution < -0.4 is 0 Å². The molecule has 19 heavy (non-hydrogen) atoms. The summed E-state index contributed by atoms with van der Waals surface area (Å²) in [5.74, 6) is -1.72. The quantitative estimate of drug-likeness (QED) is 0.822. The van der Waals surface area contributed by atoms with Gasteiger partial charge in [0.15, 0.2) is 0 Å². The Hall–Kier alpha value is -1.96. The molecule has 0 aliphatic carbocycles. The first-order chi connectivity index (χ1) is 9.10. The molecule has 0 N–H and O–H groups in total. The van der Waals surface area contributed by atoms with Gasteiger partial charge in [0, 0.05) is 19.2 Å². The molecule has 0 spiro atoms. The lowest BCUT2D eigenvalue weighted by Gasteiger charge is -2.29. The van der Waals surface area contributed by atoms with Crippen molar-refractivity contribution in [2.45, 2.75) is 19.3 Å². The number of hydrogen-bond donors (Lipinski definition) is 0. The van der Waals surface area contributed by atoms with Crippen LogP contribution in [0.15, 0.2) is 18.2 Å². The van der Waals surface area contributed by atoms with E-state index in [1.807, 2.05) is 0 Å². The van der Waals surface area contributed by atoms with Gasteiger partial charge >= 0.3 is 0 Å². The highest BCUT2D eigenvalue weighted by molar-refractivity contribution is 5.79. The van der Waals surface area contributed by atoms with Gasteiger partial charge in [-0.3, -0.25) is 4.79 Å². The standard InChI is InChI=1S/C14H14F2N2O/c15-12-4-3-11(13(16)7-12)6-14(19)18-5-1-2-10(8-17)9-18/h3-4,7,10H,1-2,5-6,9H2. The van der Waals surface area contributed by atoms with E-state index < -0.39 is 11.6 Å². The van der Waals surface area contributed by atoms with E-state index in [-0.39, 0.29) is 23.8 Å². The number of carbonyl (C=O) groups excluding carboxylic acids is 1. The van der Waals surface area contributed by atoms with Crippen molar-refractivity contribution in [1.29, 1.82) is 5.26 Å². The van der Waals surface area contributed by atoms with E-state index in [2.05, 4.69) is 6.07 Å². The number of carbonyl (C=O) groups is 1. The lowest BCUT2D eigenvalue weighted by molar-refractivity contribution is -0.131. The van der Waals surface area contributed by atoms with Crippen molar-refractivity contribution in [2.24, 2.45) is 5.92 Å². The Kier molecular flexibility index (Phi) is 4.10. The number of nitrogens with zero attached hydrogens (tertiary/aromatic N) is 2. The van der Waals surface area contributed by atoms with Gasteiger partial charge in [0.2, 0.25) is 5.91 Å². The number of hydrogen-bond acceptors (Lipinski definition) is 2. The van der Waals surface area contributed by atoms with Crippen LogP contribution in [0.2, 0.25) is 0 Å². The lowest BCUT2D eigenvalue weighted by atomic mass is 9.99. The smallest absolute Gasteiger partial charge is 0.227 e. The SMILES string of the molecule is N#CC1CCCN(C(=O)Cc2ccc(F)cc2F)C1. The summed E-state index contributed by atoms with van der Waals surface area (Å²) in [7, 11) is 0. The molecule has 0 saturated carbocycles. The fourth-order valence-corrected chi connectivity index (χ4v) is 2.25. The third-order valence-electron chi connectivity index (χ3n) is 3.31. The highest BCUT2D eigenvalue weighted by Gasteiger charge is 2.23. The summed E-state index contributed by atoms with van der Waals surface area (Å²) in [5.41, 5.74) is 0.186. The average molecular weight is 264 g/mol. The Bertz CT molecular complexity index is 525. The summed E-state index contributed by atoms with van der Waals surface area (Å²) in [4.78, 5) is 13.6. The van der Waals surface area contributed by atoms with E-state index in [9.17, 15) is 13.6 Å². The minimum atomic E-state index is -0.706. The predicted molar refractivity (Wildman–Crippen MR) is 65.0 cm³/mol. The van der Waals surface area contributed by atoms with Crippen molar-refractivity contribution >= 4 is 5.91 Å². The molecular formula is C14H14F2N2O. The molecule has 0 bridgehead atoms. The van der Waals surface area contributed by atoms with E-state index in [1.165, 1.54) is 6.07 Å². The first kappa shape index (κ1) is 13.5. The molecule has 1 atom stereocenters. The maximum atomic E-state index is 13.5. The largest absolute Gasteiger partial charge is 0.341 e. The fourth-order valence-electron chi connectivity index (χ4n) is 2.25. The molecule has 0 aromatic heterocycles. The Labute approximate surface area is 110 Å². The molecule has 1 saturated heterocycles. The zero-order valence-electron chi connectivity index (χ0n) is 10.4. The van der Waals surface area contributed by atoms with Crippen LogP contribution in [-0.4, -0.2) is 23.9 Å². The van der Waals surface area contributed by atoms with E-state index in [1.54, 1.807) is 4.90 Å². The molecule has 1 aromatic rings. The third kappa shape index (κ3) is 3.28. The number of halogens is 2. The van der Waals surface area contributed by atoms with Crippen molar-refractivity contribution in [3.05, 3.63) is 35.4 Å². The fraction of sp³-hybridized carbons (Fsp3) is 0.429. The second kappa shape index (κ2) is 5.79. The lowest BCUT2D eigenvalue weighted by Crippen LogP contribution is -2.40. The molecule has 1 heterocycles. The monoisotopic (exact) mass is 264 g/mol. The molecule has 1 unspecified atom stereocenters. The summed E-state index contributed by atoms with van der Waals surface area (Å²) < 4.78 is 26.2. The van der Waals surface area contributed by atoms with Crippen LogP contribution in [-0.2, 0) is 11.2 Å². The van der Waals surface area contributed by atoms with Crippen LogP contribution >= 0.6 is 0 Å². The minimum absolute atomic E-state index is 0.0930. The molecule has 1 aliphatic heterocycles. The van der Waals surface area contributed by atoms with Gasteiger partial charge in [0.25, 0.3) is 0 Å². The maximum absolute atomic E-state index is 13.5. The van der Waals surface area contributed by atoms with Crippen LogP contribution in [0.3, 0.4) is 0 Å². The van der Waals surface area contributed by atoms with E-state index in [0.717, 1.165) is 25.0 Å². The molecule has 100 valence electrons. The van der Waals surface area contributed by atoms with Gasteiger partial charge in [0.05, 0.1) is 18.4 Å². The number of benzene rings is 1. The number of rotatable bonds is 2. The normalized spacial score (nSPS) is 19.0. The molecule has 5 heteroatoms. The summed E-state index contributed by atoms with van der Waals surface area (Å²) in [6.45, 7) is 0.998. The van der Waals surface area contributed by atoms with Gasteiger partial charge in [-0.1, -0.05) is 6.07 Å². The number of likely N-dealkylation sites (tertiary alicyclic amines) is 1. The highest BCUT2D eigenvalue weighted by Crippen LogP contribution is 2.17. The summed E-state index contributed by atoms with van der Waals surface area (Å²) >= 11 is 0. The van der Waals surface area contributed by atoms with Gasteiger partial charge in [-0.05, 0) is 24.5 Å². The maximum Gasteiger partial charge on any atom is 0.227 e. The summed E-state index contributed by atoms with van der Waals surface area (Å²) in [5, 5.41) is 8.87. The van der Waals surface area contributed by atoms with Gasteiger partial charge in [0.1, 0.15) is 11.6 Å². The Balaban J connectivity index is 2.02. The van der Waals surface area contributed by atoms with Crippen molar-refractivity contribution in [3.63, 3.8) is 0 Å². The molecule has 1 aliphatic rings. The minimum Gasteiger partial charge on any atom is -0.341 e. The Morgan fingerprint density at radius 1 is 1.47 bits per heavy atom. The van der Waals surface area contributed by atoms with Crippen LogP contribution in [0, 0.1) is 28.9 Å². The average Bonchev–Trinajstić information content (AvgIpc) is 2.42. The van der Waals surface area contributed by atoms with Gasteiger partial charge in [-0.2, -0.15) is 5.26 Å².